The molecule has 0 aliphatic heterocycles. The van der Waals surface area contributed by atoms with Crippen LogP contribution in [0.2, 0.25) is 0 Å². The summed E-state index contributed by atoms with van der Waals surface area (Å²) in [7, 11) is -5.42. The Hall–Kier alpha value is -0.200. The summed E-state index contributed by atoms with van der Waals surface area (Å²) in [6, 6.07) is 0. The normalized spacial score (nSPS) is 11.9. The van der Waals surface area contributed by atoms with Gasteiger partial charge in [-0.2, -0.15) is 0 Å². The molecule has 22 heavy (non-hydrogen) atoms. The zero-order chi connectivity index (χ0) is 17.5. The molecule has 0 aromatic heterocycles. The topological polar surface area (TPSA) is 57.2 Å². The van der Waals surface area contributed by atoms with Gasteiger partial charge in [0.25, 0.3) is 10.5 Å². The molecule has 0 radical (unpaired) electrons. The molecule has 0 N–H and O–H groups in total. The van der Waals surface area contributed by atoms with Gasteiger partial charge in [0.2, 0.25) is 0 Å². The Kier molecular flexibility index (Phi) is 15.7. The van der Waals surface area contributed by atoms with Crippen molar-refractivity contribution in [2.24, 2.45) is 0 Å². The predicted molar refractivity (Wildman–Crippen MR) is 90.2 cm³/mol. The number of unbranched alkanes of at least 4 members (excludes halogenated alkanes) is 4. The Morgan fingerprint density at radius 3 is 1.05 bits per heavy atom. The molecule has 0 rings (SSSR count). The van der Waals surface area contributed by atoms with Crippen molar-refractivity contribution >= 4 is 10.5 Å². The van der Waals surface area contributed by atoms with Crippen molar-refractivity contribution in [2.45, 2.75) is 79.1 Å². The van der Waals surface area contributed by atoms with Crippen LogP contribution in [0, 0.1) is 0 Å². The van der Waals surface area contributed by atoms with E-state index in [9.17, 15) is 3.89 Å². The number of hydrogen-bond donors (Lipinski definition) is 0. The fourth-order valence-electron chi connectivity index (χ4n) is 2.64. The molecule has 0 spiro atoms. The van der Waals surface area contributed by atoms with Crippen LogP contribution in [-0.4, -0.2) is 43.6 Å². The SMILES string of the molecule is CCCC[N+](CCCC)(CCCC)CCCC.O=S(=O)([O-])F. The molecule has 0 heterocycles. The molecule has 0 unspecified atom stereocenters. The lowest BCUT2D eigenvalue weighted by atomic mass is 10.1. The van der Waals surface area contributed by atoms with E-state index in [1.54, 1.807) is 0 Å². The standard InChI is InChI=1S/C16H36N.FHO3S/c1-5-9-13-17(14-10-6-2,15-11-7-3)16-12-8-4;1-5(2,3)4/h5-16H2,1-4H3;(H,2,3,4)/q+1;/p-1. The van der Waals surface area contributed by atoms with Gasteiger partial charge in [-0.3, -0.25) is 0 Å². The lowest BCUT2D eigenvalue weighted by Crippen LogP contribution is -2.50. The Morgan fingerprint density at radius 1 is 0.727 bits per heavy atom. The maximum Gasteiger partial charge on any atom is 0.255 e. The Bertz CT molecular complexity index is 289. The molecule has 0 aliphatic rings. The maximum atomic E-state index is 10.1. The van der Waals surface area contributed by atoms with Crippen LogP contribution in [0.5, 0.6) is 0 Å². The molecule has 0 atom stereocenters. The van der Waals surface area contributed by atoms with Gasteiger partial charge in [-0.15, -0.1) is 3.89 Å². The zero-order valence-electron chi connectivity index (χ0n) is 14.9. The molecule has 136 valence electrons. The fourth-order valence-corrected chi connectivity index (χ4v) is 2.64. The summed E-state index contributed by atoms with van der Waals surface area (Å²) in [6.07, 6.45) is 11.1. The molecule has 0 saturated heterocycles. The second-order valence-electron chi connectivity index (χ2n) is 6.04. The van der Waals surface area contributed by atoms with E-state index >= 15 is 0 Å². The molecular weight excluding hydrogens is 305 g/mol. The van der Waals surface area contributed by atoms with Gasteiger partial charge in [0, 0.05) is 0 Å². The van der Waals surface area contributed by atoms with Crippen LogP contribution >= 0.6 is 0 Å². The summed E-state index contributed by atoms with van der Waals surface area (Å²) in [4.78, 5) is 0. The predicted octanol–water partition coefficient (Wildman–Crippen LogP) is 4.42. The number of halogens is 1. The van der Waals surface area contributed by atoms with E-state index in [1.807, 2.05) is 0 Å². The number of nitrogens with zero attached hydrogens (tertiary/aromatic N) is 1. The highest BCUT2D eigenvalue weighted by Crippen LogP contribution is 2.16. The third kappa shape index (κ3) is 17.9. The van der Waals surface area contributed by atoms with Crippen LogP contribution in [0.3, 0.4) is 0 Å². The summed E-state index contributed by atoms with van der Waals surface area (Å²) in [5, 5.41) is 0. The first-order chi connectivity index (χ1) is 10.2. The third-order valence-corrected chi connectivity index (χ3v) is 3.94. The Balaban J connectivity index is 0. The lowest BCUT2D eigenvalue weighted by molar-refractivity contribution is -0.929. The van der Waals surface area contributed by atoms with Crippen molar-refractivity contribution in [1.29, 1.82) is 0 Å². The average molecular weight is 342 g/mol. The number of hydrogen-bond acceptors (Lipinski definition) is 3. The summed E-state index contributed by atoms with van der Waals surface area (Å²) >= 11 is 0. The van der Waals surface area contributed by atoms with Crippen LogP contribution in [0.25, 0.3) is 0 Å². The first-order valence-corrected chi connectivity index (χ1v) is 10.1. The van der Waals surface area contributed by atoms with E-state index in [0.29, 0.717) is 0 Å². The van der Waals surface area contributed by atoms with Gasteiger partial charge >= 0.3 is 0 Å². The fraction of sp³-hybridized carbons (Fsp3) is 1.00. The van der Waals surface area contributed by atoms with Crippen LogP contribution in [0.4, 0.5) is 3.89 Å². The largest absolute Gasteiger partial charge is 0.722 e. The van der Waals surface area contributed by atoms with Crippen molar-refractivity contribution in [3.8, 4) is 0 Å². The maximum absolute atomic E-state index is 10.1. The van der Waals surface area contributed by atoms with Gasteiger partial charge in [0.1, 0.15) is 0 Å². The second kappa shape index (κ2) is 14.4. The molecule has 0 amide bonds. The lowest BCUT2D eigenvalue weighted by Gasteiger charge is -2.39. The van der Waals surface area contributed by atoms with Crippen LogP contribution in [0.15, 0.2) is 0 Å². The smallest absolute Gasteiger partial charge is 0.255 e. The minimum Gasteiger partial charge on any atom is -0.722 e. The van der Waals surface area contributed by atoms with Gasteiger partial charge in [0.05, 0.1) is 26.2 Å². The third-order valence-electron chi connectivity index (χ3n) is 3.94. The summed E-state index contributed by atoms with van der Waals surface area (Å²) in [6.45, 7) is 15.0. The molecule has 0 bridgehead atoms. The van der Waals surface area contributed by atoms with E-state index in [-0.39, 0.29) is 0 Å². The Labute approximate surface area is 137 Å². The van der Waals surface area contributed by atoms with E-state index in [2.05, 4.69) is 27.7 Å². The molecule has 6 heteroatoms. The summed E-state index contributed by atoms with van der Waals surface area (Å²) < 4.78 is 36.8. The number of quaternary nitrogens is 1. The number of rotatable bonds is 12. The van der Waals surface area contributed by atoms with Gasteiger partial charge < -0.3 is 9.04 Å². The second-order valence-corrected chi connectivity index (χ2v) is 6.83. The van der Waals surface area contributed by atoms with E-state index in [1.165, 1.54) is 82.0 Å². The van der Waals surface area contributed by atoms with Crippen molar-refractivity contribution in [1.82, 2.24) is 0 Å². The molecule has 0 fully saturated rings. The van der Waals surface area contributed by atoms with Crippen LogP contribution in [-0.2, 0) is 10.5 Å². The molecule has 0 aliphatic carbocycles. The average Bonchev–Trinajstić information content (AvgIpc) is 2.44. The Morgan fingerprint density at radius 2 is 0.909 bits per heavy atom. The van der Waals surface area contributed by atoms with Crippen molar-refractivity contribution < 1.29 is 21.3 Å². The molecular formula is C16H36FNO3S. The van der Waals surface area contributed by atoms with Gasteiger partial charge in [-0.25, -0.2) is 8.42 Å². The molecule has 0 aromatic rings. The summed E-state index contributed by atoms with van der Waals surface area (Å²) in [5.74, 6) is 0. The zero-order valence-corrected chi connectivity index (χ0v) is 15.8. The molecule has 0 aromatic carbocycles. The van der Waals surface area contributed by atoms with Crippen LogP contribution in [0.1, 0.15) is 79.1 Å². The summed E-state index contributed by atoms with van der Waals surface area (Å²) in [5.41, 5.74) is 0. The highest BCUT2D eigenvalue weighted by Gasteiger charge is 2.24. The van der Waals surface area contributed by atoms with E-state index in [4.69, 9.17) is 13.0 Å². The van der Waals surface area contributed by atoms with E-state index in [0.717, 1.165) is 0 Å². The first-order valence-electron chi connectivity index (χ1n) is 8.75. The van der Waals surface area contributed by atoms with E-state index < -0.39 is 10.5 Å². The minimum atomic E-state index is -5.42. The van der Waals surface area contributed by atoms with Gasteiger partial charge in [-0.05, 0) is 25.7 Å². The molecule has 4 nitrogen and oxygen atoms in total. The van der Waals surface area contributed by atoms with Crippen molar-refractivity contribution in [2.75, 3.05) is 26.2 Å². The minimum absolute atomic E-state index is 1.35. The molecule has 0 saturated carbocycles. The quantitative estimate of drug-likeness (QED) is 0.300. The monoisotopic (exact) mass is 341 g/mol. The first kappa shape index (κ1) is 24.1. The van der Waals surface area contributed by atoms with Gasteiger partial charge in [0.15, 0.2) is 0 Å². The highest BCUT2D eigenvalue weighted by atomic mass is 32.3. The van der Waals surface area contributed by atoms with Gasteiger partial charge in [-0.1, -0.05) is 53.4 Å². The highest BCUT2D eigenvalue weighted by molar-refractivity contribution is 7.80. The van der Waals surface area contributed by atoms with Crippen LogP contribution < -0.4 is 0 Å². The van der Waals surface area contributed by atoms with Crippen molar-refractivity contribution in [3.63, 3.8) is 0 Å². The van der Waals surface area contributed by atoms with Crippen molar-refractivity contribution in [3.05, 3.63) is 0 Å².